The highest BCUT2D eigenvalue weighted by Gasteiger charge is 2.31. The van der Waals surface area contributed by atoms with Crippen LogP contribution in [0.5, 0.6) is 0 Å². The molecule has 2 rings (SSSR count). The molecule has 1 aliphatic carbocycles. The molecule has 1 heterocycles. The Kier molecular flexibility index (Phi) is 5.80. The van der Waals surface area contributed by atoms with Crippen molar-refractivity contribution < 1.29 is 13.5 Å². The van der Waals surface area contributed by atoms with E-state index < -0.39 is 6.08 Å². The van der Waals surface area contributed by atoms with Crippen LogP contribution in [0.25, 0.3) is 0 Å². The molecule has 0 radical (unpaired) electrons. The van der Waals surface area contributed by atoms with Gasteiger partial charge < -0.3 is 4.74 Å². The van der Waals surface area contributed by atoms with E-state index in [2.05, 4.69) is 6.92 Å². The van der Waals surface area contributed by atoms with Crippen molar-refractivity contribution in [1.29, 1.82) is 0 Å². The standard InChI is InChI=1S/C16H26F2O/c1-2-3-13-6-9-15(19-11-13)14-7-4-12(5-8-14)10-16(17)18/h10,12-15H,2-9,11H2,1H3. The third-order valence-electron chi connectivity index (χ3n) is 4.81. The first-order chi connectivity index (χ1) is 9.19. The summed E-state index contributed by atoms with van der Waals surface area (Å²) in [5, 5.41) is 0. The highest BCUT2D eigenvalue weighted by Crippen LogP contribution is 2.37. The van der Waals surface area contributed by atoms with Crippen LogP contribution >= 0.6 is 0 Å². The highest BCUT2D eigenvalue weighted by atomic mass is 19.3. The van der Waals surface area contributed by atoms with Crippen molar-refractivity contribution in [2.45, 2.75) is 64.4 Å². The van der Waals surface area contributed by atoms with E-state index in [9.17, 15) is 8.78 Å². The van der Waals surface area contributed by atoms with Gasteiger partial charge in [0.1, 0.15) is 0 Å². The average Bonchev–Trinajstić information content (AvgIpc) is 2.40. The zero-order valence-electron chi connectivity index (χ0n) is 11.9. The molecule has 0 aromatic carbocycles. The fourth-order valence-corrected chi connectivity index (χ4v) is 3.70. The molecule has 110 valence electrons. The van der Waals surface area contributed by atoms with Gasteiger partial charge in [0.2, 0.25) is 0 Å². The van der Waals surface area contributed by atoms with Gasteiger partial charge in [0.25, 0.3) is 6.08 Å². The fourth-order valence-electron chi connectivity index (χ4n) is 3.70. The van der Waals surface area contributed by atoms with E-state index in [0.717, 1.165) is 44.3 Å². The van der Waals surface area contributed by atoms with Crippen molar-refractivity contribution in [3.63, 3.8) is 0 Å². The maximum absolute atomic E-state index is 12.2. The van der Waals surface area contributed by atoms with Crippen LogP contribution in [0.2, 0.25) is 0 Å². The molecule has 1 saturated carbocycles. The molecule has 3 heteroatoms. The molecular weight excluding hydrogens is 246 g/mol. The maximum atomic E-state index is 12.2. The molecule has 0 spiro atoms. The summed E-state index contributed by atoms with van der Waals surface area (Å²) in [7, 11) is 0. The Morgan fingerprint density at radius 3 is 2.37 bits per heavy atom. The first-order valence-electron chi connectivity index (χ1n) is 7.83. The van der Waals surface area contributed by atoms with Crippen molar-refractivity contribution in [3.8, 4) is 0 Å². The molecule has 1 saturated heterocycles. The lowest BCUT2D eigenvalue weighted by Gasteiger charge is -2.37. The predicted molar refractivity (Wildman–Crippen MR) is 73.1 cm³/mol. The molecule has 2 fully saturated rings. The topological polar surface area (TPSA) is 9.23 Å². The molecule has 1 nitrogen and oxygen atoms in total. The summed E-state index contributed by atoms with van der Waals surface area (Å²) >= 11 is 0. The molecule has 2 unspecified atom stereocenters. The number of halogens is 2. The Hall–Kier alpha value is -0.440. The second kappa shape index (κ2) is 7.37. The summed E-state index contributed by atoms with van der Waals surface area (Å²) < 4.78 is 30.5. The van der Waals surface area contributed by atoms with Crippen LogP contribution in [0.4, 0.5) is 8.78 Å². The first-order valence-corrected chi connectivity index (χ1v) is 7.83. The van der Waals surface area contributed by atoms with E-state index in [1.165, 1.54) is 25.7 Å². The average molecular weight is 272 g/mol. The minimum Gasteiger partial charge on any atom is -0.378 e. The van der Waals surface area contributed by atoms with E-state index in [0.29, 0.717) is 12.0 Å². The monoisotopic (exact) mass is 272 g/mol. The van der Waals surface area contributed by atoms with Gasteiger partial charge in [-0.05, 0) is 68.8 Å². The molecule has 1 aliphatic heterocycles. The second-order valence-electron chi connectivity index (χ2n) is 6.24. The molecule has 0 aromatic heterocycles. The van der Waals surface area contributed by atoms with Crippen LogP contribution in [0.3, 0.4) is 0 Å². The van der Waals surface area contributed by atoms with Gasteiger partial charge in [0.15, 0.2) is 0 Å². The fraction of sp³-hybridized carbons (Fsp3) is 0.875. The number of ether oxygens (including phenoxy) is 1. The minimum absolute atomic E-state index is 0.0951. The molecule has 19 heavy (non-hydrogen) atoms. The summed E-state index contributed by atoms with van der Waals surface area (Å²) in [6, 6.07) is 0. The molecular formula is C16H26F2O. The zero-order chi connectivity index (χ0) is 13.7. The summed E-state index contributed by atoms with van der Waals surface area (Å²) in [6.45, 7) is 3.14. The Balaban J connectivity index is 1.72. The molecule has 2 atom stereocenters. The van der Waals surface area contributed by atoms with Gasteiger partial charge in [-0.25, -0.2) is 0 Å². The quantitative estimate of drug-likeness (QED) is 0.686. The molecule has 0 aromatic rings. The van der Waals surface area contributed by atoms with Crippen molar-refractivity contribution in [3.05, 3.63) is 12.2 Å². The van der Waals surface area contributed by atoms with Gasteiger partial charge in [0, 0.05) is 6.61 Å². The highest BCUT2D eigenvalue weighted by molar-refractivity contribution is 4.92. The molecule has 0 amide bonds. The lowest BCUT2D eigenvalue weighted by atomic mass is 9.77. The lowest BCUT2D eigenvalue weighted by molar-refractivity contribution is -0.0583. The van der Waals surface area contributed by atoms with Gasteiger partial charge in [-0.15, -0.1) is 0 Å². The van der Waals surface area contributed by atoms with Crippen LogP contribution in [-0.4, -0.2) is 12.7 Å². The number of rotatable bonds is 4. The van der Waals surface area contributed by atoms with Gasteiger partial charge in [-0.1, -0.05) is 13.3 Å². The van der Waals surface area contributed by atoms with Gasteiger partial charge in [-0.2, -0.15) is 8.78 Å². The second-order valence-corrected chi connectivity index (χ2v) is 6.24. The number of allylic oxidation sites excluding steroid dienone is 1. The number of hydrogen-bond acceptors (Lipinski definition) is 1. The SMILES string of the molecule is CCCC1CCC(C2CCC(C=C(F)F)CC2)OC1. The Morgan fingerprint density at radius 2 is 1.84 bits per heavy atom. The predicted octanol–water partition coefficient (Wildman–Crippen LogP) is 5.17. The van der Waals surface area contributed by atoms with Crippen LogP contribution < -0.4 is 0 Å². The Morgan fingerprint density at radius 1 is 1.11 bits per heavy atom. The van der Waals surface area contributed by atoms with Crippen molar-refractivity contribution in [1.82, 2.24) is 0 Å². The first kappa shape index (κ1) is 15.0. The van der Waals surface area contributed by atoms with Crippen LogP contribution in [-0.2, 0) is 4.74 Å². The van der Waals surface area contributed by atoms with E-state index in [-0.39, 0.29) is 5.92 Å². The number of hydrogen-bond donors (Lipinski definition) is 0. The van der Waals surface area contributed by atoms with Gasteiger partial charge in [0.05, 0.1) is 6.10 Å². The maximum Gasteiger partial charge on any atom is 0.266 e. The zero-order valence-corrected chi connectivity index (χ0v) is 11.9. The Labute approximate surface area is 115 Å². The third-order valence-corrected chi connectivity index (χ3v) is 4.81. The van der Waals surface area contributed by atoms with Crippen molar-refractivity contribution in [2.75, 3.05) is 6.61 Å². The molecule has 2 aliphatic rings. The van der Waals surface area contributed by atoms with E-state index in [1.54, 1.807) is 0 Å². The lowest BCUT2D eigenvalue weighted by Crippen LogP contribution is -2.34. The molecule has 0 N–H and O–H groups in total. The summed E-state index contributed by atoms with van der Waals surface area (Å²) in [4.78, 5) is 0. The van der Waals surface area contributed by atoms with Gasteiger partial charge in [-0.3, -0.25) is 0 Å². The summed E-state index contributed by atoms with van der Waals surface area (Å²) in [5.74, 6) is 1.45. The van der Waals surface area contributed by atoms with Crippen LogP contribution in [0, 0.1) is 17.8 Å². The van der Waals surface area contributed by atoms with Crippen LogP contribution in [0.1, 0.15) is 58.3 Å². The normalized spacial score (nSPS) is 35.9. The van der Waals surface area contributed by atoms with E-state index >= 15 is 0 Å². The summed E-state index contributed by atoms with van der Waals surface area (Å²) in [5.41, 5.74) is 0. The van der Waals surface area contributed by atoms with Crippen LogP contribution in [0.15, 0.2) is 12.2 Å². The van der Waals surface area contributed by atoms with Crippen molar-refractivity contribution in [2.24, 2.45) is 17.8 Å². The molecule has 0 bridgehead atoms. The third kappa shape index (κ3) is 4.55. The van der Waals surface area contributed by atoms with Gasteiger partial charge >= 0.3 is 0 Å². The van der Waals surface area contributed by atoms with Crippen molar-refractivity contribution >= 4 is 0 Å². The smallest absolute Gasteiger partial charge is 0.266 e. The van der Waals surface area contributed by atoms with E-state index in [4.69, 9.17) is 4.74 Å². The Bertz CT molecular complexity index is 283. The largest absolute Gasteiger partial charge is 0.378 e. The van der Waals surface area contributed by atoms with E-state index in [1.807, 2.05) is 0 Å². The summed E-state index contributed by atoms with van der Waals surface area (Å²) in [6.07, 6.45) is 8.92. The minimum atomic E-state index is -1.51.